The maximum absolute atomic E-state index is 12.7. The first kappa shape index (κ1) is 14.2. The maximum Gasteiger partial charge on any atom is 0.315 e. The first-order valence-corrected chi connectivity index (χ1v) is 7.98. The maximum atomic E-state index is 12.7. The summed E-state index contributed by atoms with van der Waals surface area (Å²) in [6, 6.07) is 7.31. The van der Waals surface area contributed by atoms with Crippen LogP contribution in [0.3, 0.4) is 0 Å². The molecule has 1 aromatic heterocycles. The van der Waals surface area contributed by atoms with Crippen molar-refractivity contribution in [3.8, 4) is 0 Å². The third-order valence-corrected chi connectivity index (χ3v) is 5.01. The van der Waals surface area contributed by atoms with E-state index in [1.54, 1.807) is 6.07 Å². The predicted molar refractivity (Wildman–Crippen MR) is 82.6 cm³/mol. The highest BCUT2D eigenvalue weighted by Crippen LogP contribution is 2.39. The summed E-state index contributed by atoms with van der Waals surface area (Å²) in [5, 5.41) is 0.621. The lowest BCUT2D eigenvalue weighted by molar-refractivity contribution is -0.137. The van der Waals surface area contributed by atoms with E-state index in [2.05, 4.69) is 4.74 Å². The molecule has 0 radical (unpaired) electrons. The molecule has 21 heavy (non-hydrogen) atoms. The van der Waals surface area contributed by atoms with Gasteiger partial charge in [-0.3, -0.25) is 9.59 Å². The fraction of sp³-hybridized carbons (Fsp3) is 0.375. The van der Waals surface area contributed by atoms with Gasteiger partial charge in [0.1, 0.15) is 11.3 Å². The SMILES string of the molecule is COC(=O)CSC1CCCc2oc3ccccc3c(=O)c21. The molecule has 0 bridgehead atoms. The minimum absolute atomic E-state index is 0.00806. The van der Waals surface area contributed by atoms with E-state index in [4.69, 9.17) is 4.42 Å². The van der Waals surface area contributed by atoms with E-state index in [1.165, 1.54) is 18.9 Å². The number of rotatable bonds is 3. The van der Waals surface area contributed by atoms with Gasteiger partial charge < -0.3 is 9.15 Å². The summed E-state index contributed by atoms with van der Waals surface area (Å²) in [6.45, 7) is 0. The molecule has 1 unspecified atom stereocenters. The van der Waals surface area contributed by atoms with Gasteiger partial charge in [-0.15, -0.1) is 11.8 Å². The number of para-hydroxylation sites is 1. The van der Waals surface area contributed by atoms with Crippen molar-refractivity contribution in [1.82, 2.24) is 0 Å². The normalized spacial score (nSPS) is 17.5. The van der Waals surface area contributed by atoms with Crippen LogP contribution in [0.25, 0.3) is 11.0 Å². The number of thioether (sulfide) groups is 1. The summed E-state index contributed by atoms with van der Waals surface area (Å²) in [5.74, 6) is 0.761. The van der Waals surface area contributed by atoms with Gasteiger partial charge >= 0.3 is 5.97 Å². The Morgan fingerprint density at radius 1 is 1.43 bits per heavy atom. The van der Waals surface area contributed by atoms with Gasteiger partial charge in [-0.25, -0.2) is 0 Å². The van der Waals surface area contributed by atoms with E-state index in [0.717, 1.165) is 30.6 Å². The van der Waals surface area contributed by atoms with Gasteiger partial charge in [-0.2, -0.15) is 0 Å². The number of esters is 1. The average Bonchev–Trinajstić information content (AvgIpc) is 2.52. The standard InChI is InChI=1S/C16H16O4S/c1-19-14(17)9-21-13-8-4-7-12-15(13)16(18)10-5-2-3-6-11(10)20-12/h2-3,5-6,13H,4,7-9H2,1H3. The molecule has 2 aromatic rings. The van der Waals surface area contributed by atoms with Crippen LogP contribution in [0, 0.1) is 0 Å². The lowest BCUT2D eigenvalue weighted by atomic mass is 9.95. The largest absolute Gasteiger partial charge is 0.468 e. The van der Waals surface area contributed by atoms with Crippen molar-refractivity contribution in [3.63, 3.8) is 0 Å². The van der Waals surface area contributed by atoms with Crippen molar-refractivity contribution in [3.05, 3.63) is 45.8 Å². The number of benzene rings is 1. The summed E-state index contributed by atoms with van der Waals surface area (Å²) < 4.78 is 10.6. The first-order valence-electron chi connectivity index (χ1n) is 6.93. The van der Waals surface area contributed by atoms with Gasteiger partial charge in [0.05, 0.1) is 23.8 Å². The Kier molecular flexibility index (Phi) is 4.01. The van der Waals surface area contributed by atoms with Crippen molar-refractivity contribution in [1.29, 1.82) is 0 Å². The van der Waals surface area contributed by atoms with E-state index < -0.39 is 0 Å². The molecule has 0 fully saturated rings. The number of hydrogen-bond acceptors (Lipinski definition) is 5. The molecule has 0 N–H and O–H groups in total. The summed E-state index contributed by atoms with van der Waals surface area (Å²) in [7, 11) is 1.37. The number of carbonyl (C=O) groups excluding carboxylic acids is 1. The van der Waals surface area contributed by atoms with Gasteiger partial charge in [0.2, 0.25) is 0 Å². The van der Waals surface area contributed by atoms with Crippen LogP contribution < -0.4 is 5.43 Å². The molecule has 1 aliphatic carbocycles. The lowest BCUT2D eigenvalue weighted by Gasteiger charge is -2.23. The van der Waals surface area contributed by atoms with Crippen LogP contribution in [-0.4, -0.2) is 18.8 Å². The molecule has 1 aromatic carbocycles. The van der Waals surface area contributed by atoms with Crippen LogP contribution in [0.2, 0.25) is 0 Å². The van der Waals surface area contributed by atoms with Crippen LogP contribution in [0.1, 0.15) is 29.4 Å². The second-order valence-corrected chi connectivity index (χ2v) is 6.22. The highest BCUT2D eigenvalue weighted by atomic mass is 32.2. The van der Waals surface area contributed by atoms with Crippen LogP contribution >= 0.6 is 11.8 Å². The number of fused-ring (bicyclic) bond motifs is 2. The van der Waals surface area contributed by atoms with Crippen molar-refractivity contribution in [2.45, 2.75) is 24.5 Å². The second-order valence-electron chi connectivity index (χ2n) is 5.03. The number of aryl methyl sites for hydroxylation is 1. The summed E-state index contributed by atoms with van der Waals surface area (Å²) in [6.07, 6.45) is 2.63. The van der Waals surface area contributed by atoms with E-state index in [0.29, 0.717) is 11.0 Å². The predicted octanol–water partition coefficient (Wildman–Crippen LogP) is 3.08. The lowest BCUT2D eigenvalue weighted by Crippen LogP contribution is -2.20. The highest BCUT2D eigenvalue weighted by molar-refractivity contribution is 8.00. The third kappa shape index (κ3) is 2.70. The molecule has 1 aliphatic rings. The van der Waals surface area contributed by atoms with Crippen molar-refractivity contribution >= 4 is 28.7 Å². The molecule has 5 heteroatoms. The minimum atomic E-state index is -0.266. The molecule has 1 heterocycles. The Morgan fingerprint density at radius 2 is 2.24 bits per heavy atom. The quantitative estimate of drug-likeness (QED) is 0.816. The topological polar surface area (TPSA) is 56.5 Å². The molecule has 1 atom stereocenters. The van der Waals surface area contributed by atoms with E-state index >= 15 is 0 Å². The first-order chi connectivity index (χ1) is 10.2. The van der Waals surface area contributed by atoms with E-state index in [9.17, 15) is 9.59 Å². The fourth-order valence-corrected chi connectivity index (χ4v) is 3.89. The highest BCUT2D eigenvalue weighted by Gasteiger charge is 2.27. The number of methoxy groups -OCH3 is 1. The molecule has 110 valence electrons. The van der Waals surface area contributed by atoms with Crippen molar-refractivity contribution < 1.29 is 13.9 Å². The Hall–Kier alpha value is -1.75. The monoisotopic (exact) mass is 304 g/mol. The van der Waals surface area contributed by atoms with E-state index in [-0.39, 0.29) is 22.4 Å². The zero-order chi connectivity index (χ0) is 14.8. The van der Waals surface area contributed by atoms with Gasteiger partial charge in [-0.05, 0) is 25.0 Å². The number of carbonyl (C=O) groups is 1. The fourth-order valence-electron chi connectivity index (χ4n) is 2.70. The van der Waals surface area contributed by atoms with E-state index in [1.807, 2.05) is 18.2 Å². The van der Waals surface area contributed by atoms with Gasteiger partial charge in [-0.1, -0.05) is 12.1 Å². The van der Waals surface area contributed by atoms with Gasteiger partial charge in [0.15, 0.2) is 5.43 Å². The van der Waals surface area contributed by atoms with Crippen LogP contribution in [0.4, 0.5) is 0 Å². The Morgan fingerprint density at radius 3 is 3.05 bits per heavy atom. The van der Waals surface area contributed by atoms with Crippen molar-refractivity contribution in [2.24, 2.45) is 0 Å². The molecular weight excluding hydrogens is 288 g/mol. The Balaban J connectivity index is 2.02. The Bertz CT molecular complexity index is 735. The number of hydrogen-bond donors (Lipinski definition) is 0. The second kappa shape index (κ2) is 5.93. The molecule has 4 nitrogen and oxygen atoms in total. The summed E-state index contributed by atoms with van der Waals surface area (Å²) >= 11 is 1.46. The third-order valence-electron chi connectivity index (χ3n) is 3.73. The van der Waals surface area contributed by atoms with Crippen molar-refractivity contribution in [2.75, 3.05) is 12.9 Å². The zero-order valence-corrected chi connectivity index (χ0v) is 12.6. The van der Waals surface area contributed by atoms with Gasteiger partial charge in [0, 0.05) is 11.7 Å². The summed E-state index contributed by atoms with van der Waals surface area (Å²) in [4.78, 5) is 24.0. The minimum Gasteiger partial charge on any atom is -0.468 e. The smallest absolute Gasteiger partial charge is 0.315 e. The van der Waals surface area contributed by atoms with Crippen LogP contribution in [0.15, 0.2) is 33.5 Å². The molecule has 0 spiro atoms. The average molecular weight is 304 g/mol. The molecule has 0 aliphatic heterocycles. The molecule has 3 rings (SSSR count). The molecular formula is C16H16O4S. The Labute approximate surface area is 126 Å². The van der Waals surface area contributed by atoms with Crippen LogP contribution in [0.5, 0.6) is 0 Å². The molecule has 0 saturated carbocycles. The van der Waals surface area contributed by atoms with Crippen LogP contribution in [-0.2, 0) is 16.0 Å². The molecule has 0 amide bonds. The van der Waals surface area contributed by atoms with Gasteiger partial charge in [0.25, 0.3) is 0 Å². The summed E-state index contributed by atoms with van der Waals surface area (Å²) in [5.41, 5.74) is 1.41. The molecule has 0 saturated heterocycles. The number of ether oxygens (including phenoxy) is 1. The zero-order valence-electron chi connectivity index (χ0n) is 11.8.